The van der Waals surface area contributed by atoms with Gasteiger partial charge in [0.2, 0.25) is 0 Å². The number of piperidine rings is 1. The van der Waals surface area contributed by atoms with E-state index >= 15 is 0 Å². The van der Waals surface area contributed by atoms with Crippen LogP contribution in [0.5, 0.6) is 0 Å². The zero-order valence-electron chi connectivity index (χ0n) is 18.0. The van der Waals surface area contributed by atoms with Crippen molar-refractivity contribution in [3.8, 4) is 5.69 Å². The highest BCUT2D eigenvalue weighted by Crippen LogP contribution is 2.24. The largest absolute Gasteiger partial charge is 0.297 e. The number of aromatic nitrogens is 2. The van der Waals surface area contributed by atoms with Crippen molar-refractivity contribution in [3.63, 3.8) is 0 Å². The highest BCUT2D eigenvalue weighted by atomic mass is 35.5. The number of allylic oxidation sites excluding steroid dienone is 1. The summed E-state index contributed by atoms with van der Waals surface area (Å²) in [4.78, 5) is 15.0. The number of halogens is 3. The van der Waals surface area contributed by atoms with Gasteiger partial charge < -0.3 is 0 Å². The zero-order valence-corrected chi connectivity index (χ0v) is 18.7. The third kappa shape index (κ3) is 5.03. The summed E-state index contributed by atoms with van der Waals surface area (Å²) < 4.78 is 29.5. The van der Waals surface area contributed by atoms with E-state index < -0.39 is 0 Å². The number of rotatable bonds is 6. The van der Waals surface area contributed by atoms with Crippen LogP contribution in [-0.2, 0) is 13.6 Å². The van der Waals surface area contributed by atoms with Gasteiger partial charge in [0.15, 0.2) is 0 Å². The molecule has 4 rings (SSSR count). The molecule has 0 spiro atoms. The third-order valence-corrected chi connectivity index (χ3v) is 6.51. The summed E-state index contributed by atoms with van der Waals surface area (Å²) in [5, 5.41) is 0.209. The molecule has 0 radical (unpaired) electrons. The Morgan fingerprint density at radius 1 is 1.00 bits per heavy atom. The molecule has 1 fully saturated rings. The lowest BCUT2D eigenvalue weighted by molar-refractivity contribution is 0.174. The molecule has 7 heteroatoms. The maximum absolute atomic E-state index is 13.3. The van der Waals surface area contributed by atoms with Gasteiger partial charge in [-0.2, -0.15) is 0 Å². The fourth-order valence-corrected chi connectivity index (χ4v) is 4.48. The van der Waals surface area contributed by atoms with Gasteiger partial charge in [0.25, 0.3) is 5.56 Å². The van der Waals surface area contributed by atoms with Gasteiger partial charge in [0.1, 0.15) is 16.7 Å². The molecule has 1 aromatic heterocycles. The highest BCUT2D eigenvalue weighted by Gasteiger charge is 2.23. The van der Waals surface area contributed by atoms with Gasteiger partial charge >= 0.3 is 0 Å². The molecule has 168 valence electrons. The van der Waals surface area contributed by atoms with Crippen LogP contribution in [0.3, 0.4) is 0 Å². The molecule has 1 aliphatic rings. The Hall–Kier alpha value is -2.70. The molecule has 3 aromatic rings. The highest BCUT2D eigenvalue weighted by molar-refractivity contribution is 6.31. The Balaban J connectivity index is 1.36. The average Bonchev–Trinajstić information content (AvgIpc) is 3.00. The number of likely N-dealkylation sites (tertiary alicyclic amines) is 1. The van der Waals surface area contributed by atoms with E-state index in [9.17, 15) is 13.6 Å². The van der Waals surface area contributed by atoms with E-state index in [0.29, 0.717) is 18.2 Å². The Labute approximate surface area is 191 Å². The van der Waals surface area contributed by atoms with Gasteiger partial charge in [0, 0.05) is 13.6 Å². The van der Waals surface area contributed by atoms with Crippen LogP contribution < -0.4 is 5.56 Å². The van der Waals surface area contributed by atoms with E-state index in [0.717, 1.165) is 43.6 Å². The third-order valence-electron chi connectivity index (χ3n) is 6.13. The monoisotopic (exact) mass is 457 g/mol. The normalized spacial score (nSPS) is 15.6. The van der Waals surface area contributed by atoms with Crippen LogP contribution >= 0.6 is 11.6 Å². The second-order valence-electron chi connectivity index (χ2n) is 8.29. The van der Waals surface area contributed by atoms with Gasteiger partial charge in [-0.25, -0.2) is 13.5 Å². The molecule has 1 aliphatic heterocycles. The molecule has 2 heterocycles. The molecule has 32 heavy (non-hydrogen) atoms. The second kappa shape index (κ2) is 9.84. The maximum atomic E-state index is 13.3. The number of benzene rings is 2. The van der Waals surface area contributed by atoms with E-state index in [1.165, 1.54) is 28.9 Å². The lowest BCUT2D eigenvalue weighted by Crippen LogP contribution is -2.34. The Morgan fingerprint density at radius 3 is 2.22 bits per heavy atom. The zero-order chi connectivity index (χ0) is 22.7. The summed E-state index contributed by atoms with van der Waals surface area (Å²) in [7, 11) is 1.80. The first-order valence-electron chi connectivity index (χ1n) is 10.8. The summed E-state index contributed by atoms with van der Waals surface area (Å²) in [6, 6.07) is 12.3. The van der Waals surface area contributed by atoms with Crippen LogP contribution in [0.1, 0.15) is 30.5 Å². The van der Waals surface area contributed by atoms with Crippen molar-refractivity contribution >= 4 is 17.7 Å². The van der Waals surface area contributed by atoms with Gasteiger partial charge in [-0.1, -0.05) is 35.9 Å². The molecule has 2 aromatic carbocycles. The smallest absolute Gasteiger partial charge is 0.290 e. The Morgan fingerprint density at radius 2 is 1.59 bits per heavy atom. The average molecular weight is 458 g/mol. The van der Waals surface area contributed by atoms with Crippen molar-refractivity contribution in [2.24, 2.45) is 13.0 Å². The SMILES string of the molecule is Cn1c(CN2CCC(C/C=C/c3ccc(F)cc3)CC2)c(Cl)c(=O)n1-c1ccc(F)cc1. The van der Waals surface area contributed by atoms with Crippen molar-refractivity contribution in [1.29, 1.82) is 0 Å². The second-order valence-corrected chi connectivity index (χ2v) is 8.66. The van der Waals surface area contributed by atoms with Crippen molar-refractivity contribution in [2.75, 3.05) is 13.1 Å². The number of hydrogen-bond donors (Lipinski definition) is 0. The standard InChI is InChI=1S/C25H26ClF2N3O/c1-29-23(24(26)25(32)31(29)22-11-9-21(28)10-12-22)17-30-15-13-19(14-16-30)4-2-3-18-5-7-20(27)8-6-18/h2-3,5-12,19H,4,13-17H2,1H3/b3-2+. The van der Waals surface area contributed by atoms with Crippen LogP contribution in [0.2, 0.25) is 5.02 Å². The van der Waals surface area contributed by atoms with E-state index in [1.54, 1.807) is 36.0 Å². The predicted molar refractivity (Wildman–Crippen MR) is 124 cm³/mol. The van der Waals surface area contributed by atoms with Crippen LogP contribution in [-0.4, -0.2) is 27.4 Å². The number of nitrogens with zero attached hydrogens (tertiary/aromatic N) is 3. The molecule has 0 amide bonds. The molecule has 0 aliphatic carbocycles. The first-order valence-corrected chi connectivity index (χ1v) is 11.2. The topological polar surface area (TPSA) is 30.2 Å². The van der Waals surface area contributed by atoms with Crippen LogP contribution in [0, 0.1) is 17.6 Å². The summed E-state index contributed by atoms with van der Waals surface area (Å²) in [6.07, 6.45) is 7.33. The molecular weight excluding hydrogens is 432 g/mol. The molecule has 1 saturated heterocycles. The first kappa shape index (κ1) is 22.5. The Bertz CT molecular complexity index is 1140. The van der Waals surface area contributed by atoms with Gasteiger partial charge in [-0.05, 0) is 80.2 Å². The maximum Gasteiger partial charge on any atom is 0.290 e. The van der Waals surface area contributed by atoms with Crippen LogP contribution in [0.15, 0.2) is 59.4 Å². The van der Waals surface area contributed by atoms with Crippen molar-refractivity contribution in [2.45, 2.75) is 25.8 Å². The summed E-state index contributed by atoms with van der Waals surface area (Å²) >= 11 is 6.40. The Kier molecular flexibility index (Phi) is 6.92. The quantitative estimate of drug-likeness (QED) is 0.494. The minimum atomic E-state index is -0.349. The molecular formula is C25H26ClF2N3O. The lowest BCUT2D eigenvalue weighted by Gasteiger charge is -2.31. The molecule has 0 bridgehead atoms. The minimum Gasteiger partial charge on any atom is -0.297 e. The van der Waals surface area contributed by atoms with E-state index in [4.69, 9.17) is 11.6 Å². The van der Waals surface area contributed by atoms with E-state index in [2.05, 4.69) is 11.0 Å². The van der Waals surface area contributed by atoms with E-state index in [1.807, 2.05) is 6.08 Å². The lowest BCUT2D eigenvalue weighted by atomic mass is 9.93. The minimum absolute atomic E-state index is 0.209. The molecule has 0 atom stereocenters. The van der Waals surface area contributed by atoms with Crippen LogP contribution in [0.4, 0.5) is 8.78 Å². The molecule has 0 N–H and O–H groups in total. The van der Waals surface area contributed by atoms with Crippen molar-refractivity contribution in [3.05, 3.63) is 92.9 Å². The molecule has 0 saturated carbocycles. The molecule has 4 nitrogen and oxygen atoms in total. The van der Waals surface area contributed by atoms with Crippen molar-refractivity contribution < 1.29 is 8.78 Å². The number of hydrogen-bond acceptors (Lipinski definition) is 2. The van der Waals surface area contributed by atoms with Gasteiger partial charge in [-0.3, -0.25) is 14.4 Å². The van der Waals surface area contributed by atoms with E-state index in [-0.39, 0.29) is 22.2 Å². The first-order chi connectivity index (χ1) is 15.4. The summed E-state index contributed by atoms with van der Waals surface area (Å²) in [6.45, 7) is 2.46. The van der Waals surface area contributed by atoms with Gasteiger partial charge in [0.05, 0.1) is 11.4 Å². The summed E-state index contributed by atoms with van der Waals surface area (Å²) in [5.74, 6) is 0.0314. The fraction of sp³-hybridized carbons (Fsp3) is 0.320. The van der Waals surface area contributed by atoms with Crippen molar-refractivity contribution in [1.82, 2.24) is 14.3 Å². The van der Waals surface area contributed by atoms with Crippen LogP contribution in [0.25, 0.3) is 11.8 Å². The predicted octanol–water partition coefficient (Wildman–Crippen LogP) is 5.42. The molecule has 0 unspecified atom stereocenters. The van der Waals surface area contributed by atoms with Gasteiger partial charge in [-0.15, -0.1) is 0 Å². The summed E-state index contributed by atoms with van der Waals surface area (Å²) in [5.41, 5.74) is 2.05. The fourth-order valence-electron chi connectivity index (χ4n) is 4.22.